The molecule has 1 aliphatic heterocycles. The zero-order chi connectivity index (χ0) is 14.6. The minimum atomic E-state index is -0.979. The number of amides is 1. The fraction of sp³-hybridized carbons (Fsp3) is 0.429. The van der Waals surface area contributed by atoms with Crippen LogP contribution in [0.2, 0.25) is 0 Å². The molecule has 2 atom stereocenters. The van der Waals surface area contributed by atoms with Gasteiger partial charge in [0.1, 0.15) is 0 Å². The molecule has 108 valence electrons. The van der Waals surface area contributed by atoms with Crippen molar-refractivity contribution in [3.05, 3.63) is 30.3 Å². The molecule has 0 saturated carbocycles. The molecule has 1 aliphatic rings. The van der Waals surface area contributed by atoms with E-state index in [9.17, 15) is 9.59 Å². The van der Waals surface area contributed by atoms with Crippen molar-refractivity contribution in [3.8, 4) is 0 Å². The van der Waals surface area contributed by atoms with Crippen LogP contribution in [0.25, 0.3) is 0 Å². The molecule has 1 heterocycles. The van der Waals surface area contributed by atoms with E-state index in [1.54, 1.807) is 19.1 Å². The number of carbonyl (C=O) groups excluding carboxylic acids is 2. The van der Waals surface area contributed by atoms with Crippen LogP contribution in [-0.2, 0) is 19.1 Å². The molecule has 6 heteroatoms. The first-order valence-corrected chi connectivity index (χ1v) is 7.31. The number of carbonyl (C=O) groups is 2. The SMILES string of the molecule is CC(=O)OC(C(=O)Nc1ccccc1)C1(C)OCCS1. The fourth-order valence-corrected chi connectivity index (χ4v) is 3.02. The molecule has 0 spiro atoms. The lowest BCUT2D eigenvalue weighted by atomic mass is 10.2. The highest BCUT2D eigenvalue weighted by molar-refractivity contribution is 8.00. The van der Waals surface area contributed by atoms with E-state index in [1.165, 1.54) is 18.7 Å². The van der Waals surface area contributed by atoms with Crippen molar-refractivity contribution in [1.82, 2.24) is 0 Å². The van der Waals surface area contributed by atoms with Gasteiger partial charge in [-0.15, -0.1) is 11.8 Å². The molecule has 0 aromatic heterocycles. The monoisotopic (exact) mass is 295 g/mol. The molecule has 0 radical (unpaired) electrons. The molecule has 1 aromatic rings. The Bertz CT molecular complexity index is 485. The summed E-state index contributed by atoms with van der Waals surface area (Å²) in [6.07, 6.45) is -0.979. The number of benzene rings is 1. The largest absolute Gasteiger partial charge is 0.448 e. The van der Waals surface area contributed by atoms with Crippen LogP contribution in [0.5, 0.6) is 0 Å². The van der Waals surface area contributed by atoms with Crippen molar-refractivity contribution in [1.29, 1.82) is 0 Å². The standard InChI is InChI=1S/C14H17NO4S/c1-10(16)19-12(14(2)18-8-9-20-14)13(17)15-11-6-4-3-5-7-11/h3-7,12H,8-9H2,1-2H3,(H,15,17). The fourth-order valence-electron chi connectivity index (χ4n) is 1.98. The average Bonchev–Trinajstić information content (AvgIpc) is 2.85. The van der Waals surface area contributed by atoms with Gasteiger partial charge in [0, 0.05) is 18.4 Å². The highest BCUT2D eigenvalue weighted by Crippen LogP contribution is 2.37. The third-order valence-electron chi connectivity index (χ3n) is 2.90. The van der Waals surface area contributed by atoms with Gasteiger partial charge in [-0.25, -0.2) is 0 Å². The predicted molar refractivity (Wildman–Crippen MR) is 77.4 cm³/mol. The number of thioether (sulfide) groups is 1. The number of anilines is 1. The van der Waals surface area contributed by atoms with E-state index in [1.807, 2.05) is 18.2 Å². The smallest absolute Gasteiger partial charge is 0.303 e. The third-order valence-corrected chi connectivity index (χ3v) is 4.18. The number of rotatable bonds is 4. The lowest BCUT2D eigenvalue weighted by molar-refractivity contribution is -0.162. The lowest BCUT2D eigenvalue weighted by Crippen LogP contribution is -2.47. The van der Waals surface area contributed by atoms with Gasteiger partial charge in [-0.2, -0.15) is 0 Å². The maximum Gasteiger partial charge on any atom is 0.303 e. The van der Waals surface area contributed by atoms with Gasteiger partial charge in [0.25, 0.3) is 5.91 Å². The van der Waals surface area contributed by atoms with Crippen LogP contribution in [-0.4, -0.2) is 35.3 Å². The zero-order valence-corrected chi connectivity index (χ0v) is 12.2. The molecule has 5 nitrogen and oxygen atoms in total. The molecule has 1 N–H and O–H groups in total. The maximum absolute atomic E-state index is 12.4. The molecule has 2 rings (SSSR count). The summed E-state index contributed by atoms with van der Waals surface area (Å²) in [5.74, 6) is -0.119. The van der Waals surface area contributed by atoms with Crippen LogP contribution in [0.1, 0.15) is 13.8 Å². The minimum Gasteiger partial charge on any atom is -0.448 e. The second kappa shape index (κ2) is 6.28. The van der Waals surface area contributed by atoms with E-state index in [4.69, 9.17) is 9.47 Å². The summed E-state index contributed by atoms with van der Waals surface area (Å²) in [5, 5.41) is 2.74. The van der Waals surface area contributed by atoms with Crippen molar-refractivity contribution < 1.29 is 19.1 Å². The van der Waals surface area contributed by atoms with Crippen LogP contribution >= 0.6 is 11.8 Å². The summed E-state index contributed by atoms with van der Waals surface area (Å²) in [5.41, 5.74) is 0.654. The molecule has 20 heavy (non-hydrogen) atoms. The van der Waals surface area contributed by atoms with Crippen LogP contribution in [0.4, 0.5) is 5.69 Å². The van der Waals surface area contributed by atoms with Crippen LogP contribution < -0.4 is 5.32 Å². The normalized spacial score (nSPS) is 23.1. The molecular weight excluding hydrogens is 278 g/mol. The number of hydrogen-bond donors (Lipinski definition) is 1. The molecule has 1 aromatic carbocycles. The lowest BCUT2D eigenvalue weighted by Gasteiger charge is -2.30. The quantitative estimate of drug-likeness (QED) is 0.861. The summed E-state index contributed by atoms with van der Waals surface area (Å²) >= 11 is 1.47. The van der Waals surface area contributed by atoms with Gasteiger partial charge in [-0.3, -0.25) is 9.59 Å². The Labute approximate surface area is 122 Å². The Balaban J connectivity index is 2.14. The van der Waals surface area contributed by atoms with Crippen LogP contribution in [0, 0.1) is 0 Å². The zero-order valence-electron chi connectivity index (χ0n) is 11.4. The molecule has 1 saturated heterocycles. The summed E-state index contributed by atoms with van der Waals surface area (Å²) in [6.45, 7) is 3.59. The van der Waals surface area contributed by atoms with Crippen molar-refractivity contribution in [2.24, 2.45) is 0 Å². The first-order chi connectivity index (χ1) is 9.51. The molecule has 1 amide bonds. The maximum atomic E-state index is 12.4. The average molecular weight is 295 g/mol. The molecule has 2 unspecified atom stereocenters. The molecule has 0 bridgehead atoms. The van der Waals surface area contributed by atoms with Crippen LogP contribution in [0.3, 0.4) is 0 Å². The highest BCUT2D eigenvalue weighted by atomic mass is 32.2. The Morgan fingerprint density at radius 3 is 2.65 bits per heavy atom. The summed E-state index contributed by atoms with van der Waals surface area (Å²) < 4.78 is 10.8. The topological polar surface area (TPSA) is 64.6 Å². The number of ether oxygens (including phenoxy) is 2. The Morgan fingerprint density at radius 2 is 2.10 bits per heavy atom. The second-order valence-corrected chi connectivity index (χ2v) is 6.07. The van der Waals surface area contributed by atoms with E-state index < -0.39 is 17.0 Å². The Morgan fingerprint density at radius 1 is 1.40 bits per heavy atom. The van der Waals surface area contributed by atoms with Crippen molar-refractivity contribution in [3.63, 3.8) is 0 Å². The first kappa shape index (κ1) is 14.9. The minimum absolute atomic E-state index is 0.386. The van der Waals surface area contributed by atoms with E-state index >= 15 is 0 Å². The third kappa shape index (κ3) is 3.52. The van der Waals surface area contributed by atoms with Crippen molar-refractivity contribution in [2.45, 2.75) is 24.9 Å². The van der Waals surface area contributed by atoms with E-state index in [-0.39, 0.29) is 5.91 Å². The van der Waals surface area contributed by atoms with Gasteiger partial charge in [0.2, 0.25) is 6.10 Å². The van der Waals surface area contributed by atoms with Gasteiger partial charge in [0.05, 0.1) is 6.61 Å². The first-order valence-electron chi connectivity index (χ1n) is 6.32. The molecule has 1 fully saturated rings. The van der Waals surface area contributed by atoms with Crippen LogP contribution in [0.15, 0.2) is 30.3 Å². The number of hydrogen-bond acceptors (Lipinski definition) is 5. The van der Waals surface area contributed by atoms with E-state index in [0.29, 0.717) is 12.3 Å². The summed E-state index contributed by atoms with van der Waals surface area (Å²) in [6, 6.07) is 9.04. The van der Waals surface area contributed by atoms with E-state index in [2.05, 4.69) is 5.32 Å². The number of esters is 1. The number of para-hydroxylation sites is 1. The summed E-state index contributed by atoms with van der Waals surface area (Å²) in [7, 11) is 0. The predicted octanol–water partition coefficient (Wildman–Crippen LogP) is 2.04. The van der Waals surface area contributed by atoms with Gasteiger partial charge >= 0.3 is 5.97 Å². The highest BCUT2D eigenvalue weighted by Gasteiger charge is 2.46. The molecular formula is C14H17NO4S. The molecule has 0 aliphatic carbocycles. The summed E-state index contributed by atoms with van der Waals surface area (Å²) in [4.78, 5) is 22.8. The Kier molecular flexibility index (Phi) is 4.67. The van der Waals surface area contributed by atoms with Crippen molar-refractivity contribution >= 4 is 29.3 Å². The van der Waals surface area contributed by atoms with Crippen molar-refractivity contribution in [2.75, 3.05) is 17.7 Å². The second-order valence-electron chi connectivity index (χ2n) is 4.56. The number of nitrogens with one attached hydrogen (secondary N) is 1. The van der Waals surface area contributed by atoms with Gasteiger partial charge in [-0.1, -0.05) is 18.2 Å². The Hall–Kier alpha value is -1.53. The van der Waals surface area contributed by atoms with Gasteiger partial charge in [0.15, 0.2) is 4.93 Å². The van der Waals surface area contributed by atoms with E-state index in [0.717, 1.165) is 5.75 Å². The van der Waals surface area contributed by atoms with Gasteiger partial charge in [-0.05, 0) is 19.1 Å². The van der Waals surface area contributed by atoms with Gasteiger partial charge < -0.3 is 14.8 Å².